The molecule has 0 saturated heterocycles. The molecule has 0 heterocycles. The molecule has 2 N–H and O–H groups in total. The summed E-state index contributed by atoms with van der Waals surface area (Å²) >= 11 is 0. The van der Waals surface area contributed by atoms with Crippen LogP contribution in [0.15, 0.2) is 54.6 Å². The summed E-state index contributed by atoms with van der Waals surface area (Å²) in [4.78, 5) is 0. The molecule has 0 aromatic heterocycles. The minimum Gasteiger partial charge on any atom is -0.399 e. The molecule has 0 saturated carbocycles. The molecule has 16 heavy (non-hydrogen) atoms. The van der Waals surface area contributed by atoms with Crippen LogP contribution in [0.4, 0.5) is 5.69 Å². The molecule has 2 rings (SSSR count). The van der Waals surface area contributed by atoms with E-state index in [0.29, 0.717) is 0 Å². The van der Waals surface area contributed by atoms with Crippen LogP contribution in [0, 0.1) is 0 Å². The van der Waals surface area contributed by atoms with Crippen molar-refractivity contribution in [3.05, 3.63) is 65.7 Å². The molecule has 2 heteroatoms. The first-order chi connectivity index (χ1) is 7.36. The van der Waals surface area contributed by atoms with Gasteiger partial charge in [-0.25, -0.2) is 0 Å². The first-order valence-corrected chi connectivity index (χ1v) is 5.23. The van der Waals surface area contributed by atoms with Gasteiger partial charge in [0.05, 0.1) is 0 Å². The average molecular weight is 234 g/mol. The maximum absolute atomic E-state index is 5.88. The Morgan fingerprint density at radius 3 is 2.06 bits per heavy atom. The molecule has 0 aliphatic rings. The number of benzene rings is 2. The van der Waals surface area contributed by atoms with Gasteiger partial charge in [0.25, 0.3) is 0 Å². The molecular weight excluding hydrogens is 218 g/mol. The fraction of sp³-hybridized carbons (Fsp3) is 0.143. The zero-order valence-corrected chi connectivity index (χ0v) is 9.91. The van der Waals surface area contributed by atoms with Gasteiger partial charge in [-0.15, -0.1) is 12.4 Å². The SMILES string of the molecule is Cl.Nc1ccccc1CCc1ccccc1. The first kappa shape index (κ1) is 12.6. The Hall–Kier alpha value is -1.47. The predicted molar refractivity (Wildman–Crippen MR) is 72.0 cm³/mol. The van der Waals surface area contributed by atoms with Crippen molar-refractivity contribution in [1.29, 1.82) is 0 Å². The second-order valence-corrected chi connectivity index (χ2v) is 3.68. The van der Waals surface area contributed by atoms with Crippen LogP contribution in [0.2, 0.25) is 0 Å². The molecule has 2 aromatic carbocycles. The van der Waals surface area contributed by atoms with Crippen LogP contribution in [0.5, 0.6) is 0 Å². The first-order valence-electron chi connectivity index (χ1n) is 5.23. The second-order valence-electron chi connectivity index (χ2n) is 3.68. The number of halogens is 1. The monoisotopic (exact) mass is 233 g/mol. The van der Waals surface area contributed by atoms with Crippen molar-refractivity contribution in [2.45, 2.75) is 12.8 Å². The maximum atomic E-state index is 5.88. The standard InChI is InChI=1S/C14H15N.ClH/c15-14-9-5-4-8-13(14)11-10-12-6-2-1-3-7-12;/h1-9H,10-11,15H2;1H. The third-order valence-electron chi connectivity index (χ3n) is 2.58. The third-order valence-corrected chi connectivity index (χ3v) is 2.58. The van der Waals surface area contributed by atoms with Crippen LogP contribution in [-0.2, 0) is 12.8 Å². The molecule has 0 spiro atoms. The quantitative estimate of drug-likeness (QED) is 0.808. The number of hydrogen-bond donors (Lipinski definition) is 1. The van der Waals surface area contributed by atoms with Gasteiger partial charge in [-0.2, -0.15) is 0 Å². The second kappa shape index (κ2) is 6.19. The van der Waals surface area contributed by atoms with E-state index in [-0.39, 0.29) is 12.4 Å². The van der Waals surface area contributed by atoms with E-state index in [0.717, 1.165) is 18.5 Å². The van der Waals surface area contributed by atoms with E-state index in [4.69, 9.17) is 5.73 Å². The van der Waals surface area contributed by atoms with Crippen molar-refractivity contribution >= 4 is 18.1 Å². The lowest BCUT2D eigenvalue weighted by Gasteiger charge is -2.04. The Morgan fingerprint density at radius 2 is 1.38 bits per heavy atom. The molecule has 0 unspecified atom stereocenters. The summed E-state index contributed by atoms with van der Waals surface area (Å²) in [6.45, 7) is 0. The molecule has 0 aliphatic carbocycles. The maximum Gasteiger partial charge on any atom is 0.0346 e. The van der Waals surface area contributed by atoms with Crippen molar-refractivity contribution in [1.82, 2.24) is 0 Å². The highest BCUT2D eigenvalue weighted by Crippen LogP contribution is 2.13. The number of rotatable bonds is 3. The van der Waals surface area contributed by atoms with Gasteiger partial charge < -0.3 is 5.73 Å². The number of nitrogens with two attached hydrogens (primary N) is 1. The summed E-state index contributed by atoms with van der Waals surface area (Å²) in [5.41, 5.74) is 9.38. The fourth-order valence-corrected chi connectivity index (χ4v) is 1.69. The highest BCUT2D eigenvalue weighted by Gasteiger charge is 1.98. The fourth-order valence-electron chi connectivity index (χ4n) is 1.69. The van der Waals surface area contributed by atoms with Crippen molar-refractivity contribution < 1.29 is 0 Å². The normalized spacial score (nSPS) is 9.50. The lowest BCUT2D eigenvalue weighted by Crippen LogP contribution is -1.96. The van der Waals surface area contributed by atoms with Crippen molar-refractivity contribution in [3.8, 4) is 0 Å². The average Bonchev–Trinajstić information content (AvgIpc) is 2.29. The molecule has 0 fully saturated rings. The zero-order valence-electron chi connectivity index (χ0n) is 9.10. The predicted octanol–water partition coefficient (Wildman–Crippen LogP) is 3.48. The topological polar surface area (TPSA) is 26.0 Å². The number of nitrogen functional groups attached to an aromatic ring is 1. The summed E-state index contributed by atoms with van der Waals surface area (Å²) < 4.78 is 0. The summed E-state index contributed by atoms with van der Waals surface area (Å²) in [7, 11) is 0. The van der Waals surface area contributed by atoms with E-state index in [1.807, 2.05) is 24.3 Å². The summed E-state index contributed by atoms with van der Waals surface area (Å²) in [5, 5.41) is 0. The summed E-state index contributed by atoms with van der Waals surface area (Å²) in [6.07, 6.45) is 2.06. The van der Waals surface area contributed by atoms with Crippen LogP contribution in [0.3, 0.4) is 0 Å². The lowest BCUT2D eigenvalue weighted by molar-refractivity contribution is 0.963. The van der Waals surface area contributed by atoms with Gasteiger partial charge in [-0.1, -0.05) is 48.5 Å². The van der Waals surface area contributed by atoms with Gasteiger partial charge in [0.1, 0.15) is 0 Å². The Balaban J connectivity index is 0.00000128. The van der Waals surface area contributed by atoms with E-state index in [1.54, 1.807) is 0 Å². The van der Waals surface area contributed by atoms with E-state index >= 15 is 0 Å². The van der Waals surface area contributed by atoms with Crippen LogP contribution in [0.1, 0.15) is 11.1 Å². The highest BCUT2D eigenvalue weighted by atomic mass is 35.5. The van der Waals surface area contributed by atoms with Gasteiger partial charge in [-0.05, 0) is 30.0 Å². The van der Waals surface area contributed by atoms with Gasteiger partial charge in [-0.3, -0.25) is 0 Å². The Labute approximate surface area is 103 Å². The molecular formula is C14H16ClN. The number of aryl methyl sites for hydroxylation is 2. The molecule has 0 aliphatic heterocycles. The minimum absolute atomic E-state index is 0. The molecule has 0 amide bonds. The van der Waals surface area contributed by atoms with Gasteiger partial charge in [0.15, 0.2) is 0 Å². The molecule has 0 bridgehead atoms. The molecule has 1 nitrogen and oxygen atoms in total. The zero-order chi connectivity index (χ0) is 10.5. The van der Waals surface area contributed by atoms with Gasteiger partial charge in [0, 0.05) is 5.69 Å². The largest absolute Gasteiger partial charge is 0.399 e. The van der Waals surface area contributed by atoms with Gasteiger partial charge >= 0.3 is 0 Å². The van der Waals surface area contributed by atoms with Crippen LogP contribution in [0.25, 0.3) is 0 Å². The number of hydrogen-bond acceptors (Lipinski definition) is 1. The van der Waals surface area contributed by atoms with E-state index in [2.05, 4.69) is 30.3 Å². The van der Waals surface area contributed by atoms with Crippen molar-refractivity contribution in [3.63, 3.8) is 0 Å². The van der Waals surface area contributed by atoms with E-state index < -0.39 is 0 Å². The lowest BCUT2D eigenvalue weighted by atomic mass is 10.0. The Morgan fingerprint density at radius 1 is 0.750 bits per heavy atom. The molecule has 2 aromatic rings. The van der Waals surface area contributed by atoms with E-state index in [9.17, 15) is 0 Å². The van der Waals surface area contributed by atoms with Crippen LogP contribution < -0.4 is 5.73 Å². The summed E-state index contributed by atoms with van der Waals surface area (Å²) in [5.74, 6) is 0. The highest BCUT2D eigenvalue weighted by molar-refractivity contribution is 5.85. The van der Waals surface area contributed by atoms with Crippen molar-refractivity contribution in [2.24, 2.45) is 0 Å². The molecule has 0 atom stereocenters. The van der Waals surface area contributed by atoms with Crippen LogP contribution in [-0.4, -0.2) is 0 Å². The van der Waals surface area contributed by atoms with Gasteiger partial charge in [0.2, 0.25) is 0 Å². The summed E-state index contributed by atoms with van der Waals surface area (Å²) in [6, 6.07) is 18.6. The smallest absolute Gasteiger partial charge is 0.0346 e. The Bertz CT molecular complexity index is 426. The minimum atomic E-state index is 0. The van der Waals surface area contributed by atoms with Crippen LogP contribution >= 0.6 is 12.4 Å². The third kappa shape index (κ3) is 3.28. The Kier molecular flexibility index (Phi) is 4.87. The molecule has 84 valence electrons. The van der Waals surface area contributed by atoms with E-state index in [1.165, 1.54) is 11.1 Å². The molecule has 0 radical (unpaired) electrons. The number of para-hydroxylation sites is 1. The van der Waals surface area contributed by atoms with Crippen molar-refractivity contribution in [2.75, 3.05) is 5.73 Å². The number of anilines is 1.